The highest BCUT2D eigenvalue weighted by Crippen LogP contribution is 2.28. The fraction of sp³-hybridized carbons (Fsp3) is 0.500. The van der Waals surface area contributed by atoms with Crippen LogP contribution in [0.5, 0.6) is 11.5 Å². The van der Waals surface area contributed by atoms with Gasteiger partial charge in [0.15, 0.2) is 11.5 Å². The topological polar surface area (TPSA) is 50.8 Å². The molecule has 0 atom stereocenters. The van der Waals surface area contributed by atoms with E-state index in [4.69, 9.17) is 9.47 Å². The first-order valence-electron chi connectivity index (χ1n) is 9.82. The van der Waals surface area contributed by atoms with Crippen LogP contribution in [-0.4, -0.2) is 44.7 Å². The molecule has 0 aliphatic carbocycles. The number of hydrogen-bond donors (Lipinski definition) is 1. The molecule has 1 N–H and O–H groups in total. The van der Waals surface area contributed by atoms with E-state index in [-0.39, 0.29) is 5.91 Å². The van der Waals surface area contributed by atoms with Crippen molar-refractivity contribution in [1.29, 1.82) is 0 Å². The molecule has 0 radical (unpaired) electrons. The van der Waals surface area contributed by atoms with E-state index >= 15 is 0 Å². The van der Waals surface area contributed by atoms with Crippen LogP contribution in [0, 0.1) is 6.92 Å². The van der Waals surface area contributed by atoms with Crippen LogP contribution in [-0.2, 0) is 17.8 Å². The summed E-state index contributed by atoms with van der Waals surface area (Å²) in [5, 5.41) is 3.26. The van der Waals surface area contributed by atoms with Crippen LogP contribution in [0.3, 0.4) is 0 Å². The third kappa shape index (κ3) is 6.84. The average molecular weight is 405 g/mol. The van der Waals surface area contributed by atoms with Gasteiger partial charge in [0, 0.05) is 16.3 Å². The second kappa shape index (κ2) is 11.7. The zero-order valence-corrected chi connectivity index (χ0v) is 18.2. The Morgan fingerprint density at radius 3 is 2.57 bits per heavy atom. The Kier molecular flexibility index (Phi) is 9.31. The molecular formula is C22H32N2O3S. The standard InChI is InChI=1S/C22H32N2O3S/c1-5-6-12-23-15-22(25)24(16-19-9-7-17(2)28-19)13-11-18-8-10-20(26-3)21(14-18)27-4/h7-10,14,23H,5-6,11-13,15-16H2,1-4H3. The minimum absolute atomic E-state index is 0.141. The Hall–Kier alpha value is -2.05. The van der Waals surface area contributed by atoms with Crippen LogP contribution < -0.4 is 14.8 Å². The second-order valence-corrected chi connectivity index (χ2v) is 8.17. The lowest BCUT2D eigenvalue weighted by Crippen LogP contribution is -2.39. The predicted molar refractivity (Wildman–Crippen MR) is 116 cm³/mol. The van der Waals surface area contributed by atoms with Crippen LogP contribution >= 0.6 is 11.3 Å². The Balaban J connectivity index is 2.02. The fourth-order valence-corrected chi connectivity index (χ4v) is 3.87. The van der Waals surface area contributed by atoms with Crippen molar-refractivity contribution >= 4 is 17.2 Å². The van der Waals surface area contributed by atoms with Crippen molar-refractivity contribution in [2.45, 2.75) is 39.7 Å². The molecule has 2 aromatic rings. The van der Waals surface area contributed by atoms with Gasteiger partial charge in [-0.15, -0.1) is 11.3 Å². The van der Waals surface area contributed by atoms with E-state index in [0.29, 0.717) is 31.1 Å². The van der Waals surface area contributed by atoms with Crippen LogP contribution in [0.1, 0.15) is 35.1 Å². The fourth-order valence-electron chi connectivity index (χ4n) is 2.96. The molecule has 0 aliphatic rings. The number of benzene rings is 1. The Morgan fingerprint density at radius 2 is 1.93 bits per heavy atom. The summed E-state index contributed by atoms with van der Waals surface area (Å²) in [6, 6.07) is 10.1. The molecule has 0 saturated heterocycles. The molecule has 0 spiro atoms. The highest BCUT2D eigenvalue weighted by Gasteiger charge is 2.15. The average Bonchev–Trinajstić information content (AvgIpc) is 3.12. The molecule has 1 heterocycles. The maximum atomic E-state index is 12.8. The summed E-state index contributed by atoms with van der Waals surface area (Å²) < 4.78 is 10.7. The SMILES string of the molecule is CCCCNCC(=O)N(CCc1ccc(OC)c(OC)c1)Cc1ccc(C)s1. The van der Waals surface area contributed by atoms with E-state index < -0.39 is 0 Å². The molecule has 0 unspecified atom stereocenters. The summed E-state index contributed by atoms with van der Waals surface area (Å²) in [6.45, 7) is 6.83. The van der Waals surface area contributed by atoms with E-state index in [2.05, 4.69) is 31.3 Å². The molecule has 1 aromatic carbocycles. The van der Waals surface area contributed by atoms with E-state index in [1.165, 1.54) is 9.75 Å². The van der Waals surface area contributed by atoms with Gasteiger partial charge < -0.3 is 19.7 Å². The molecule has 6 heteroatoms. The molecule has 2 rings (SSSR count). The molecule has 1 amide bonds. The van der Waals surface area contributed by atoms with E-state index in [1.807, 2.05) is 23.1 Å². The number of carbonyl (C=O) groups is 1. The lowest BCUT2D eigenvalue weighted by atomic mass is 10.1. The van der Waals surface area contributed by atoms with Gasteiger partial charge in [-0.1, -0.05) is 19.4 Å². The van der Waals surface area contributed by atoms with Gasteiger partial charge in [0.05, 0.1) is 27.3 Å². The van der Waals surface area contributed by atoms with Crippen LogP contribution in [0.15, 0.2) is 30.3 Å². The number of nitrogens with one attached hydrogen (secondary N) is 1. The van der Waals surface area contributed by atoms with Crippen LogP contribution in [0.25, 0.3) is 0 Å². The van der Waals surface area contributed by atoms with Gasteiger partial charge in [0.25, 0.3) is 0 Å². The number of nitrogens with zero attached hydrogens (tertiary/aromatic N) is 1. The molecule has 5 nitrogen and oxygen atoms in total. The number of methoxy groups -OCH3 is 2. The quantitative estimate of drug-likeness (QED) is 0.543. The van der Waals surface area contributed by atoms with Crippen molar-refractivity contribution in [3.05, 3.63) is 45.6 Å². The van der Waals surface area contributed by atoms with Gasteiger partial charge in [-0.3, -0.25) is 4.79 Å². The molecule has 154 valence electrons. The predicted octanol–water partition coefficient (Wildman–Crippen LogP) is 4.03. The van der Waals surface area contributed by atoms with Crippen molar-refractivity contribution in [1.82, 2.24) is 10.2 Å². The van der Waals surface area contributed by atoms with E-state index in [1.54, 1.807) is 25.6 Å². The Morgan fingerprint density at radius 1 is 1.14 bits per heavy atom. The van der Waals surface area contributed by atoms with E-state index in [9.17, 15) is 4.79 Å². The molecule has 28 heavy (non-hydrogen) atoms. The molecule has 0 aliphatic heterocycles. The third-order valence-corrected chi connectivity index (χ3v) is 5.58. The van der Waals surface area contributed by atoms with Gasteiger partial charge >= 0.3 is 0 Å². The summed E-state index contributed by atoms with van der Waals surface area (Å²) in [7, 11) is 3.27. The van der Waals surface area contributed by atoms with Gasteiger partial charge in [-0.25, -0.2) is 0 Å². The van der Waals surface area contributed by atoms with Crippen molar-refractivity contribution in [2.75, 3.05) is 33.9 Å². The van der Waals surface area contributed by atoms with Crippen molar-refractivity contribution in [3.63, 3.8) is 0 Å². The summed E-state index contributed by atoms with van der Waals surface area (Å²) in [6.07, 6.45) is 2.98. The summed E-state index contributed by atoms with van der Waals surface area (Å²) in [5.41, 5.74) is 1.12. The maximum Gasteiger partial charge on any atom is 0.236 e. The number of aryl methyl sites for hydroxylation is 1. The monoisotopic (exact) mass is 404 g/mol. The highest BCUT2D eigenvalue weighted by atomic mass is 32.1. The maximum absolute atomic E-state index is 12.8. The van der Waals surface area contributed by atoms with Crippen LogP contribution in [0.2, 0.25) is 0 Å². The number of carbonyl (C=O) groups excluding carboxylic acids is 1. The Bertz CT molecular complexity index is 745. The summed E-state index contributed by atoms with van der Waals surface area (Å²) in [5.74, 6) is 1.57. The van der Waals surface area contributed by atoms with Crippen molar-refractivity contribution in [3.8, 4) is 11.5 Å². The number of hydrogen-bond acceptors (Lipinski definition) is 5. The van der Waals surface area contributed by atoms with Gasteiger partial charge in [0.2, 0.25) is 5.91 Å². The highest BCUT2D eigenvalue weighted by molar-refractivity contribution is 7.11. The molecular weight excluding hydrogens is 372 g/mol. The first-order valence-corrected chi connectivity index (χ1v) is 10.6. The number of thiophene rings is 1. The molecule has 0 fully saturated rings. The van der Waals surface area contributed by atoms with Crippen LogP contribution in [0.4, 0.5) is 0 Å². The first kappa shape index (κ1) is 22.2. The minimum Gasteiger partial charge on any atom is -0.493 e. The molecule has 0 saturated carbocycles. The van der Waals surface area contributed by atoms with Gasteiger partial charge in [-0.05, 0) is 56.1 Å². The number of unbranched alkanes of at least 4 members (excludes halogenated alkanes) is 1. The van der Waals surface area contributed by atoms with E-state index in [0.717, 1.165) is 31.4 Å². The Labute approximate surface area is 172 Å². The lowest BCUT2D eigenvalue weighted by Gasteiger charge is -2.23. The first-order chi connectivity index (χ1) is 13.6. The summed E-state index contributed by atoms with van der Waals surface area (Å²) >= 11 is 1.75. The second-order valence-electron chi connectivity index (χ2n) is 6.80. The minimum atomic E-state index is 0.141. The largest absolute Gasteiger partial charge is 0.493 e. The van der Waals surface area contributed by atoms with Crippen molar-refractivity contribution < 1.29 is 14.3 Å². The smallest absolute Gasteiger partial charge is 0.236 e. The number of amides is 1. The number of ether oxygens (including phenoxy) is 2. The zero-order valence-electron chi connectivity index (χ0n) is 17.4. The third-order valence-electron chi connectivity index (χ3n) is 4.60. The molecule has 1 aromatic heterocycles. The molecule has 0 bridgehead atoms. The summed E-state index contributed by atoms with van der Waals surface area (Å²) in [4.78, 5) is 17.2. The van der Waals surface area contributed by atoms with Gasteiger partial charge in [-0.2, -0.15) is 0 Å². The lowest BCUT2D eigenvalue weighted by molar-refractivity contribution is -0.130. The normalized spacial score (nSPS) is 10.7. The van der Waals surface area contributed by atoms with Gasteiger partial charge in [0.1, 0.15) is 0 Å². The number of rotatable bonds is 12. The van der Waals surface area contributed by atoms with Crippen molar-refractivity contribution in [2.24, 2.45) is 0 Å². The zero-order chi connectivity index (χ0) is 20.4.